The van der Waals surface area contributed by atoms with Gasteiger partial charge in [-0.2, -0.15) is 0 Å². The van der Waals surface area contributed by atoms with Crippen molar-refractivity contribution in [3.8, 4) is 0 Å². The number of piperidine rings is 1. The van der Waals surface area contributed by atoms with Gasteiger partial charge >= 0.3 is 0 Å². The first kappa shape index (κ1) is 20.9. The first-order valence-corrected chi connectivity index (χ1v) is 9.07. The summed E-state index contributed by atoms with van der Waals surface area (Å²) in [5, 5.41) is 14.3. The summed E-state index contributed by atoms with van der Waals surface area (Å²) < 4.78 is 0. The Labute approximate surface area is 164 Å². The van der Waals surface area contributed by atoms with Gasteiger partial charge in [0.25, 0.3) is 5.69 Å². The predicted molar refractivity (Wildman–Crippen MR) is 103 cm³/mol. The lowest BCUT2D eigenvalue weighted by molar-refractivity contribution is -0.384. The summed E-state index contributed by atoms with van der Waals surface area (Å²) in [4.78, 5) is 27.3. The van der Waals surface area contributed by atoms with E-state index in [-0.39, 0.29) is 34.9 Å². The molecule has 1 aromatic carbocycles. The van der Waals surface area contributed by atoms with Crippen LogP contribution in [0.2, 0.25) is 5.02 Å². The van der Waals surface area contributed by atoms with E-state index in [2.05, 4.69) is 10.2 Å². The molecular weight excluding hydrogens is 379 g/mol. The van der Waals surface area contributed by atoms with Crippen molar-refractivity contribution in [2.75, 3.05) is 39.3 Å². The fourth-order valence-electron chi connectivity index (χ4n) is 3.60. The van der Waals surface area contributed by atoms with E-state index in [1.54, 1.807) is 12.1 Å². The molecule has 2 aliphatic heterocycles. The van der Waals surface area contributed by atoms with E-state index < -0.39 is 4.92 Å². The average molecular weight is 403 g/mol. The number of nitro benzene ring substituents is 1. The Balaban J connectivity index is 0.00000243. The summed E-state index contributed by atoms with van der Waals surface area (Å²) >= 11 is 6.00. The molecule has 1 unspecified atom stereocenters. The molecule has 2 heterocycles. The van der Waals surface area contributed by atoms with Crippen LogP contribution in [0.1, 0.15) is 18.4 Å². The van der Waals surface area contributed by atoms with Crippen molar-refractivity contribution in [1.29, 1.82) is 0 Å². The largest absolute Gasteiger partial charge is 0.340 e. The second-order valence-corrected chi connectivity index (χ2v) is 7.10. The van der Waals surface area contributed by atoms with Crippen molar-refractivity contribution in [3.05, 3.63) is 38.9 Å². The Morgan fingerprint density at radius 2 is 2.04 bits per heavy atom. The molecule has 0 aromatic heterocycles. The zero-order chi connectivity index (χ0) is 17.8. The number of piperazine rings is 1. The molecule has 2 fully saturated rings. The maximum atomic E-state index is 12.7. The van der Waals surface area contributed by atoms with Gasteiger partial charge in [0.05, 0.1) is 10.8 Å². The Morgan fingerprint density at radius 1 is 1.31 bits per heavy atom. The van der Waals surface area contributed by atoms with Gasteiger partial charge in [-0.3, -0.25) is 19.8 Å². The molecule has 3 rings (SSSR count). The molecule has 1 aromatic rings. The normalized spacial score (nSPS) is 21.1. The number of hydrogen-bond acceptors (Lipinski definition) is 5. The van der Waals surface area contributed by atoms with Crippen molar-refractivity contribution < 1.29 is 9.72 Å². The first-order valence-electron chi connectivity index (χ1n) is 8.69. The van der Waals surface area contributed by atoms with Crippen LogP contribution in [-0.2, 0) is 11.3 Å². The van der Waals surface area contributed by atoms with Gasteiger partial charge < -0.3 is 10.2 Å². The molecule has 1 N–H and O–H groups in total. The lowest BCUT2D eigenvalue weighted by atomic mass is 9.95. The molecule has 2 saturated heterocycles. The number of likely N-dealkylation sites (tertiary alicyclic amines) is 1. The van der Waals surface area contributed by atoms with E-state index in [1.807, 2.05) is 4.90 Å². The summed E-state index contributed by atoms with van der Waals surface area (Å²) in [6, 6.07) is 4.85. The molecule has 7 nitrogen and oxygen atoms in total. The lowest BCUT2D eigenvalue weighted by Crippen LogP contribution is -2.51. The minimum atomic E-state index is -0.477. The fraction of sp³-hybridized carbons (Fsp3) is 0.588. The van der Waals surface area contributed by atoms with Crippen LogP contribution in [0, 0.1) is 16.0 Å². The zero-order valence-electron chi connectivity index (χ0n) is 14.5. The van der Waals surface area contributed by atoms with Crippen molar-refractivity contribution in [2.24, 2.45) is 5.92 Å². The third kappa shape index (κ3) is 5.07. The summed E-state index contributed by atoms with van der Waals surface area (Å²) in [5.74, 6) is 0.299. The number of carbonyl (C=O) groups is 1. The molecule has 26 heavy (non-hydrogen) atoms. The van der Waals surface area contributed by atoms with Gasteiger partial charge in [-0.25, -0.2) is 0 Å². The van der Waals surface area contributed by atoms with Crippen LogP contribution in [-0.4, -0.2) is 59.9 Å². The van der Waals surface area contributed by atoms with Gasteiger partial charge in [0.1, 0.15) is 5.02 Å². The predicted octanol–water partition coefficient (Wildman–Crippen LogP) is 2.31. The minimum Gasteiger partial charge on any atom is -0.340 e. The van der Waals surface area contributed by atoms with Crippen LogP contribution in [0.25, 0.3) is 0 Å². The number of rotatable bonds is 4. The number of amides is 1. The maximum absolute atomic E-state index is 12.7. The highest BCUT2D eigenvalue weighted by Crippen LogP contribution is 2.27. The Kier molecular flexibility index (Phi) is 7.64. The quantitative estimate of drug-likeness (QED) is 0.617. The van der Waals surface area contributed by atoms with Crippen LogP contribution in [0.5, 0.6) is 0 Å². The molecule has 1 amide bonds. The number of hydrogen-bond donors (Lipinski definition) is 1. The van der Waals surface area contributed by atoms with E-state index in [0.29, 0.717) is 6.54 Å². The second kappa shape index (κ2) is 9.50. The summed E-state index contributed by atoms with van der Waals surface area (Å²) in [6.07, 6.45) is 1.92. The highest BCUT2D eigenvalue weighted by Gasteiger charge is 2.30. The highest BCUT2D eigenvalue weighted by molar-refractivity contribution is 6.32. The first-order chi connectivity index (χ1) is 12.0. The molecule has 0 radical (unpaired) electrons. The number of halogens is 2. The van der Waals surface area contributed by atoms with E-state index >= 15 is 0 Å². The number of benzene rings is 1. The van der Waals surface area contributed by atoms with E-state index in [4.69, 9.17) is 11.6 Å². The Morgan fingerprint density at radius 3 is 2.69 bits per heavy atom. The van der Waals surface area contributed by atoms with E-state index in [1.165, 1.54) is 6.07 Å². The Hall–Kier alpha value is -1.41. The zero-order valence-corrected chi connectivity index (χ0v) is 16.1. The molecule has 2 aliphatic rings. The summed E-state index contributed by atoms with van der Waals surface area (Å²) in [5.41, 5.74) is 0.863. The van der Waals surface area contributed by atoms with Crippen LogP contribution in [0.15, 0.2) is 18.2 Å². The molecule has 0 aliphatic carbocycles. The maximum Gasteiger partial charge on any atom is 0.287 e. The van der Waals surface area contributed by atoms with Gasteiger partial charge in [-0.15, -0.1) is 12.4 Å². The van der Waals surface area contributed by atoms with Crippen LogP contribution in [0.4, 0.5) is 5.69 Å². The molecule has 0 spiro atoms. The van der Waals surface area contributed by atoms with Gasteiger partial charge in [0.2, 0.25) is 5.91 Å². The topological polar surface area (TPSA) is 78.7 Å². The third-order valence-electron chi connectivity index (χ3n) is 4.90. The van der Waals surface area contributed by atoms with Crippen LogP contribution >= 0.6 is 24.0 Å². The fourth-order valence-corrected chi connectivity index (χ4v) is 3.87. The molecule has 0 bridgehead atoms. The number of nitrogens with zero attached hydrogens (tertiary/aromatic N) is 3. The van der Waals surface area contributed by atoms with Crippen LogP contribution in [0.3, 0.4) is 0 Å². The van der Waals surface area contributed by atoms with Crippen molar-refractivity contribution in [2.45, 2.75) is 19.4 Å². The van der Waals surface area contributed by atoms with Gasteiger partial charge in [0.15, 0.2) is 0 Å². The second-order valence-electron chi connectivity index (χ2n) is 6.69. The van der Waals surface area contributed by atoms with Crippen molar-refractivity contribution >= 4 is 35.6 Å². The van der Waals surface area contributed by atoms with Crippen molar-refractivity contribution in [1.82, 2.24) is 15.1 Å². The van der Waals surface area contributed by atoms with Gasteiger partial charge in [-0.1, -0.05) is 17.7 Å². The third-order valence-corrected chi connectivity index (χ3v) is 5.20. The molecule has 144 valence electrons. The summed E-state index contributed by atoms with van der Waals surface area (Å²) in [6.45, 7) is 5.62. The van der Waals surface area contributed by atoms with Crippen LogP contribution < -0.4 is 5.32 Å². The molecule has 1 atom stereocenters. The lowest BCUT2D eigenvalue weighted by Gasteiger charge is -2.36. The standard InChI is InChI=1S/C17H23ClN4O3.ClH/c18-15-10-13(3-4-16(15)22(24)25)11-20-7-1-2-14(12-20)17(23)21-8-5-19-6-9-21;/h3-4,10,14,19H,1-2,5-9,11-12H2;1H. The van der Waals surface area contributed by atoms with Gasteiger partial charge in [0, 0.05) is 45.3 Å². The number of nitrogens with one attached hydrogen (secondary N) is 1. The smallest absolute Gasteiger partial charge is 0.287 e. The SMILES string of the molecule is Cl.O=C(C1CCCN(Cc2ccc([N+](=O)[O-])c(Cl)c2)C1)N1CCNCC1. The molecule has 9 heteroatoms. The van der Waals surface area contributed by atoms with Gasteiger partial charge in [-0.05, 0) is 31.0 Å². The van der Waals surface area contributed by atoms with E-state index in [9.17, 15) is 14.9 Å². The number of carbonyl (C=O) groups excluding carboxylic acids is 1. The minimum absolute atomic E-state index is 0. The molecule has 0 saturated carbocycles. The van der Waals surface area contributed by atoms with Crippen molar-refractivity contribution in [3.63, 3.8) is 0 Å². The number of nitro groups is 1. The molecular formula is C17H24Cl2N4O3. The average Bonchev–Trinajstić information content (AvgIpc) is 2.62. The highest BCUT2D eigenvalue weighted by atomic mass is 35.5. The Bertz CT molecular complexity index is 653. The monoisotopic (exact) mass is 402 g/mol. The van der Waals surface area contributed by atoms with E-state index in [0.717, 1.165) is 57.7 Å². The summed E-state index contributed by atoms with van der Waals surface area (Å²) in [7, 11) is 0.